The summed E-state index contributed by atoms with van der Waals surface area (Å²) in [6.45, 7) is 12.4. The van der Waals surface area contributed by atoms with Gasteiger partial charge in [0.25, 0.3) is 8.32 Å². The van der Waals surface area contributed by atoms with Crippen LogP contribution >= 0.6 is 0 Å². The third-order valence-corrected chi connectivity index (χ3v) is 9.84. The first-order chi connectivity index (χ1) is 11.9. The van der Waals surface area contributed by atoms with Crippen molar-refractivity contribution in [1.82, 2.24) is 0 Å². The van der Waals surface area contributed by atoms with Crippen LogP contribution in [-0.2, 0) is 9.16 Å². The first kappa shape index (κ1) is 19.9. The van der Waals surface area contributed by atoms with Gasteiger partial charge in [0.15, 0.2) is 0 Å². The third kappa shape index (κ3) is 4.60. The van der Waals surface area contributed by atoms with E-state index in [-0.39, 0.29) is 11.1 Å². The molecular weight excluding hydrogens is 324 g/mol. The van der Waals surface area contributed by atoms with Crippen molar-refractivity contribution >= 4 is 18.7 Å². The molecule has 2 rings (SSSR count). The monoisotopic (exact) mass is 356 g/mol. The fourth-order valence-corrected chi connectivity index (χ4v) is 7.87. The molecule has 0 saturated heterocycles. The van der Waals surface area contributed by atoms with Crippen molar-refractivity contribution < 1.29 is 9.16 Å². The lowest BCUT2D eigenvalue weighted by molar-refractivity contribution is 0.0407. The summed E-state index contributed by atoms with van der Waals surface area (Å²) < 4.78 is 12.6. The molecule has 25 heavy (non-hydrogen) atoms. The molecule has 0 radical (unpaired) electrons. The largest absolute Gasteiger partial charge is 0.405 e. The van der Waals surface area contributed by atoms with Crippen LogP contribution in [0.2, 0.25) is 5.04 Å². The number of hydrogen-bond donors (Lipinski definition) is 0. The van der Waals surface area contributed by atoms with Gasteiger partial charge in [0, 0.05) is 0 Å². The molecular formula is C22H32O2Si. The number of benzene rings is 2. The van der Waals surface area contributed by atoms with E-state index in [1.807, 2.05) is 0 Å². The molecule has 2 aromatic rings. The minimum atomic E-state index is -2.41. The fraction of sp³-hybridized carbons (Fsp3) is 0.455. The highest BCUT2D eigenvalue weighted by molar-refractivity contribution is 6.99. The lowest BCUT2D eigenvalue weighted by Crippen LogP contribution is -2.66. The normalized spacial score (nSPS) is 13.6. The average molecular weight is 357 g/mol. The third-order valence-electron chi connectivity index (χ3n) is 4.80. The topological polar surface area (TPSA) is 18.5 Å². The number of ether oxygens (including phenoxy) is 1. The predicted octanol–water partition coefficient (Wildman–Crippen LogP) is 4.38. The molecule has 3 heteroatoms. The first-order valence-electron chi connectivity index (χ1n) is 9.28. The van der Waals surface area contributed by atoms with Crippen molar-refractivity contribution in [1.29, 1.82) is 0 Å². The molecule has 0 aliphatic rings. The highest BCUT2D eigenvalue weighted by Crippen LogP contribution is 2.36. The van der Waals surface area contributed by atoms with E-state index in [0.29, 0.717) is 13.2 Å². The van der Waals surface area contributed by atoms with Gasteiger partial charge in [-0.25, -0.2) is 0 Å². The van der Waals surface area contributed by atoms with Crippen LogP contribution in [0.25, 0.3) is 0 Å². The Bertz CT molecular complexity index is 580. The summed E-state index contributed by atoms with van der Waals surface area (Å²) in [7, 11) is -2.41. The van der Waals surface area contributed by atoms with E-state index in [9.17, 15) is 0 Å². The standard InChI is InChI=1S/C22H32O2Si/c1-6-19(2)23-17-18-24-25(22(3,4)5,20-13-9-7-10-14-20)21-15-11-8-12-16-21/h7-16,19H,6,17-18H2,1-5H3. The maximum absolute atomic E-state index is 6.78. The summed E-state index contributed by atoms with van der Waals surface area (Å²) in [6, 6.07) is 21.5. The maximum atomic E-state index is 6.78. The molecule has 0 aliphatic heterocycles. The summed E-state index contributed by atoms with van der Waals surface area (Å²) in [4.78, 5) is 0. The predicted molar refractivity (Wildman–Crippen MR) is 109 cm³/mol. The van der Waals surface area contributed by atoms with Crippen LogP contribution in [0.1, 0.15) is 41.0 Å². The Labute approximate surface area is 154 Å². The zero-order valence-corrected chi connectivity index (χ0v) is 17.3. The van der Waals surface area contributed by atoms with Gasteiger partial charge in [-0.3, -0.25) is 0 Å². The van der Waals surface area contributed by atoms with Crippen LogP contribution in [0.15, 0.2) is 60.7 Å². The average Bonchev–Trinajstić information content (AvgIpc) is 2.62. The van der Waals surface area contributed by atoms with E-state index in [1.54, 1.807) is 0 Å². The molecule has 136 valence electrons. The molecule has 0 aromatic heterocycles. The summed E-state index contributed by atoms with van der Waals surface area (Å²) in [5.74, 6) is 0. The van der Waals surface area contributed by atoms with E-state index < -0.39 is 8.32 Å². The van der Waals surface area contributed by atoms with E-state index >= 15 is 0 Å². The van der Waals surface area contributed by atoms with Crippen molar-refractivity contribution in [2.24, 2.45) is 0 Å². The van der Waals surface area contributed by atoms with Gasteiger partial charge in [0.2, 0.25) is 0 Å². The van der Waals surface area contributed by atoms with E-state index in [0.717, 1.165) is 6.42 Å². The molecule has 0 amide bonds. The lowest BCUT2D eigenvalue weighted by atomic mass is 10.2. The molecule has 0 spiro atoms. The maximum Gasteiger partial charge on any atom is 0.261 e. The van der Waals surface area contributed by atoms with Gasteiger partial charge in [-0.05, 0) is 28.8 Å². The molecule has 0 fully saturated rings. The first-order valence-corrected chi connectivity index (χ1v) is 11.2. The molecule has 0 saturated carbocycles. The van der Waals surface area contributed by atoms with Crippen LogP contribution in [-0.4, -0.2) is 27.6 Å². The molecule has 0 heterocycles. The van der Waals surface area contributed by atoms with Crippen LogP contribution in [0.4, 0.5) is 0 Å². The molecule has 0 N–H and O–H groups in total. The lowest BCUT2D eigenvalue weighted by Gasteiger charge is -2.43. The zero-order chi connectivity index (χ0) is 18.3. The number of rotatable bonds is 8. The number of hydrogen-bond acceptors (Lipinski definition) is 2. The zero-order valence-electron chi connectivity index (χ0n) is 16.3. The molecule has 2 aromatic carbocycles. The van der Waals surface area contributed by atoms with Gasteiger partial charge < -0.3 is 9.16 Å². The van der Waals surface area contributed by atoms with E-state index in [2.05, 4.69) is 95.3 Å². The van der Waals surface area contributed by atoms with Crippen LogP contribution in [0.5, 0.6) is 0 Å². The van der Waals surface area contributed by atoms with Crippen molar-refractivity contribution in [3.8, 4) is 0 Å². The Hall–Kier alpha value is -1.42. The Morgan fingerprint density at radius 1 is 0.840 bits per heavy atom. The van der Waals surface area contributed by atoms with E-state index in [1.165, 1.54) is 10.4 Å². The van der Waals surface area contributed by atoms with Crippen molar-refractivity contribution in [3.63, 3.8) is 0 Å². The second-order valence-corrected chi connectivity index (χ2v) is 11.9. The highest BCUT2D eigenvalue weighted by Gasteiger charge is 2.49. The summed E-state index contributed by atoms with van der Waals surface area (Å²) in [5, 5.41) is 2.65. The highest BCUT2D eigenvalue weighted by atomic mass is 28.4. The Kier molecular flexibility index (Phi) is 7.00. The molecule has 2 nitrogen and oxygen atoms in total. The SMILES string of the molecule is CCC(C)OCCO[Si](c1ccccc1)(c1ccccc1)C(C)(C)C. The van der Waals surface area contributed by atoms with Gasteiger partial charge in [0.1, 0.15) is 0 Å². The van der Waals surface area contributed by atoms with Crippen LogP contribution in [0.3, 0.4) is 0 Å². The Morgan fingerprint density at radius 2 is 1.32 bits per heavy atom. The molecule has 1 unspecified atom stereocenters. The second-order valence-electron chi connectivity index (χ2n) is 7.60. The van der Waals surface area contributed by atoms with E-state index in [4.69, 9.17) is 9.16 Å². The van der Waals surface area contributed by atoms with Gasteiger partial charge in [0.05, 0.1) is 19.3 Å². The van der Waals surface area contributed by atoms with Crippen molar-refractivity contribution in [2.75, 3.05) is 13.2 Å². The fourth-order valence-electron chi connectivity index (χ4n) is 3.32. The van der Waals surface area contributed by atoms with Crippen molar-refractivity contribution in [3.05, 3.63) is 60.7 Å². The van der Waals surface area contributed by atoms with Gasteiger partial charge in [-0.1, -0.05) is 88.4 Å². The summed E-state index contributed by atoms with van der Waals surface area (Å²) >= 11 is 0. The van der Waals surface area contributed by atoms with Gasteiger partial charge in [-0.15, -0.1) is 0 Å². The summed E-state index contributed by atoms with van der Waals surface area (Å²) in [6.07, 6.45) is 1.31. The smallest absolute Gasteiger partial charge is 0.261 e. The van der Waals surface area contributed by atoms with Gasteiger partial charge >= 0.3 is 0 Å². The quantitative estimate of drug-likeness (QED) is 0.516. The minimum absolute atomic E-state index is 0.0199. The van der Waals surface area contributed by atoms with Crippen LogP contribution in [0, 0.1) is 0 Å². The van der Waals surface area contributed by atoms with Crippen LogP contribution < -0.4 is 10.4 Å². The van der Waals surface area contributed by atoms with Gasteiger partial charge in [-0.2, -0.15) is 0 Å². The molecule has 0 aliphatic carbocycles. The van der Waals surface area contributed by atoms with Crippen molar-refractivity contribution in [2.45, 2.75) is 52.2 Å². The molecule has 1 atom stereocenters. The summed E-state index contributed by atoms with van der Waals surface area (Å²) in [5.41, 5.74) is 0. The minimum Gasteiger partial charge on any atom is -0.405 e. The second kappa shape index (κ2) is 8.79. The Morgan fingerprint density at radius 3 is 1.72 bits per heavy atom. The molecule has 0 bridgehead atoms. The Balaban J connectivity index is 2.39.